The summed E-state index contributed by atoms with van der Waals surface area (Å²) < 4.78 is 8.98. The summed E-state index contributed by atoms with van der Waals surface area (Å²) in [5, 5.41) is 7.08. The maximum atomic E-state index is 6.60. The van der Waals surface area contributed by atoms with E-state index in [0.29, 0.717) is 0 Å². The summed E-state index contributed by atoms with van der Waals surface area (Å²) in [6, 6.07) is 82.9. The van der Waals surface area contributed by atoms with Crippen molar-refractivity contribution < 1.29 is 4.42 Å². The molecule has 2 heterocycles. The fourth-order valence-electron chi connectivity index (χ4n) is 9.35. The van der Waals surface area contributed by atoms with Gasteiger partial charge in [-0.2, -0.15) is 0 Å². The van der Waals surface area contributed by atoms with Gasteiger partial charge in [-0.25, -0.2) is 0 Å². The number of furan rings is 1. The largest absolute Gasteiger partial charge is 0.454 e. The Bertz CT molecular complexity index is 3570. The predicted octanol–water partition coefficient (Wildman–Crippen LogP) is 16.3. The lowest BCUT2D eigenvalue weighted by Gasteiger charge is -2.27. The van der Waals surface area contributed by atoms with Crippen LogP contribution in [-0.2, 0) is 0 Å². The van der Waals surface area contributed by atoms with Gasteiger partial charge in [0.05, 0.1) is 22.4 Å². The first-order valence-electron chi connectivity index (χ1n) is 20.8. The van der Waals surface area contributed by atoms with Crippen molar-refractivity contribution in [2.45, 2.75) is 0 Å². The van der Waals surface area contributed by atoms with E-state index in [9.17, 15) is 0 Å². The van der Waals surface area contributed by atoms with Gasteiger partial charge in [0.2, 0.25) is 0 Å². The maximum absolute atomic E-state index is 6.60. The highest BCUT2D eigenvalue weighted by Crippen LogP contribution is 2.43. The molecule has 286 valence electrons. The Balaban J connectivity index is 0.975. The molecule has 0 radical (unpaired) electrons. The van der Waals surface area contributed by atoms with Crippen molar-refractivity contribution in [1.82, 2.24) is 4.57 Å². The van der Waals surface area contributed by atoms with Gasteiger partial charge in [0.25, 0.3) is 0 Å². The molecule has 12 aromatic rings. The molecule has 0 unspecified atom stereocenters. The predicted molar refractivity (Wildman–Crippen MR) is 257 cm³/mol. The van der Waals surface area contributed by atoms with Crippen LogP contribution in [0.25, 0.3) is 93.6 Å². The standard InChI is InChI=1S/C58H38N2O/c1-2-14-39(15-3-1)40-28-33-44(34-29-40)59(53-25-12-17-41-16-4-5-20-48(41)53)45-35-30-42(31-36-45)46-18-6-7-19-47(46)43-32-37-50-49-21-8-10-24-54(49)60(56(50)38-43)55-26-13-23-52-51-22-9-11-27-57(51)61-58(52)55/h1-38H. The summed E-state index contributed by atoms with van der Waals surface area (Å²) in [4.78, 5) is 2.38. The van der Waals surface area contributed by atoms with Gasteiger partial charge in [0.1, 0.15) is 5.58 Å². The second kappa shape index (κ2) is 14.3. The molecular weight excluding hydrogens is 741 g/mol. The molecule has 0 spiro atoms. The maximum Gasteiger partial charge on any atom is 0.159 e. The van der Waals surface area contributed by atoms with E-state index in [0.717, 1.165) is 66.8 Å². The van der Waals surface area contributed by atoms with Crippen molar-refractivity contribution in [3.63, 3.8) is 0 Å². The van der Waals surface area contributed by atoms with E-state index >= 15 is 0 Å². The molecule has 10 aromatic carbocycles. The van der Waals surface area contributed by atoms with Crippen LogP contribution in [0.2, 0.25) is 0 Å². The molecule has 0 N–H and O–H groups in total. The Morgan fingerprint density at radius 3 is 1.70 bits per heavy atom. The van der Waals surface area contributed by atoms with Crippen molar-refractivity contribution in [2.75, 3.05) is 4.90 Å². The van der Waals surface area contributed by atoms with Crippen molar-refractivity contribution >= 4 is 71.6 Å². The normalized spacial score (nSPS) is 11.6. The van der Waals surface area contributed by atoms with Gasteiger partial charge in [-0.3, -0.25) is 0 Å². The van der Waals surface area contributed by atoms with E-state index in [2.05, 4.69) is 234 Å². The highest BCUT2D eigenvalue weighted by molar-refractivity contribution is 6.13. The molecule has 0 fully saturated rings. The molecule has 0 bridgehead atoms. The molecule has 61 heavy (non-hydrogen) atoms. The lowest BCUT2D eigenvalue weighted by atomic mass is 9.93. The van der Waals surface area contributed by atoms with E-state index in [1.807, 2.05) is 6.07 Å². The van der Waals surface area contributed by atoms with Crippen LogP contribution >= 0.6 is 0 Å². The third-order valence-electron chi connectivity index (χ3n) is 12.2. The first-order chi connectivity index (χ1) is 30.3. The van der Waals surface area contributed by atoms with Gasteiger partial charge in [0.15, 0.2) is 5.58 Å². The van der Waals surface area contributed by atoms with Crippen molar-refractivity contribution in [3.8, 4) is 39.1 Å². The topological polar surface area (TPSA) is 21.3 Å². The SMILES string of the molecule is c1ccc(-c2ccc(N(c3ccc(-c4ccccc4-c4ccc5c6ccccc6n(-c6cccc7c6oc6ccccc67)c5c4)cc3)c3cccc4ccccc34)cc2)cc1. The number of nitrogens with zero attached hydrogens (tertiary/aromatic N) is 2. The highest BCUT2D eigenvalue weighted by Gasteiger charge is 2.20. The minimum atomic E-state index is 0.891. The average Bonchev–Trinajstić information content (AvgIpc) is 3.88. The van der Waals surface area contributed by atoms with Gasteiger partial charge in [-0.15, -0.1) is 0 Å². The molecule has 0 aliphatic rings. The van der Waals surface area contributed by atoms with E-state index in [1.54, 1.807) is 0 Å². The summed E-state index contributed by atoms with van der Waals surface area (Å²) in [5.74, 6) is 0. The Morgan fingerprint density at radius 1 is 0.344 bits per heavy atom. The molecule has 0 saturated carbocycles. The number of aromatic nitrogens is 1. The van der Waals surface area contributed by atoms with Gasteiger partial charge in [0, 0.05) is 38.3 Å². The molecule has 0 aliphatic carbocycles. The molecule has 0 aliphatic heterocycles. The van der Waals surface area contributed by atoms with Crippen LogP contribution in [-0.4, -0.2) is 4.57 Å². The van der Waals surface area contributed by atoms with Crippen LogP contribution in [0.1, 0.15) is 0 Å². The zero-order chi connectivity index (χ0) is 40.3. The molecule has 2 aromatic heterocycles. The third-order valence-corrected chi connectivity index (χ3v) is 12.2. The quantitative estimate of drug-likeness (QED) is 0.161. The van der Waals surface area contributed by atoms with E-state index < -0.39 is 0 Å². The fourth-order valence-corrected chi connectivity index (χ4v) is 9.35. The number of hydrogen-bond acceptors (Lipinski definition) is 2. The monoisotopic (exact) mass is 778 g/mol. The number of rotatable bonds is 7. The van der Waals surface area contributed by atoms with Crippen LogP contribution in [0.5, 0.6) is 0 Å². The zero-order valence-corrected chi connectivity index (χ0v) is 33.2. The van der Waals surface area contributed by atoms with Crippen LogP contribution in [0, 0.1) is 0 Å². The number of hydrogen-bond donors (Lipinski definition) is 0. The second-order valence-electron chi connectivity index (χ2n) is 15.7. The summed E-state index contributed by atoms with van der Waals surface area (Å²) in [5.41, 5.74) is 15.5. The molecule has 12 rings (SSSR count). The number of fused-ring (bicyclic) bond motifs is 7. The molecule has 0 saturated heterocycles. The van der Waals surface area contributed by atoms with Gasteiger partial charge in [-0.05, 0) is 93.4 Å². The van der Waals surface area contributed by atoms with Crippen LogP contribution in [0.15, 0.2) is 235 Å². The van der Waals surface area contributed by atoms with Crippen LogP contribution in [0.3, 0.4) is 0 Å². The number of benzene rings is 10. The third kappa shape index (κ3) is 5.82. The molecular formula is C58H38N2O. The second-order valence-corrected chi connectivity index (χ2v) is 15.7. The molecule has 0 amide bonds. The minimum Gasteiger partial charge on any atom is -0.454 e. The average molecular weight is 779 g/mol. The van der Waals surface area contributed by atoms with Gasteiger partial charge < -0.3 is 13.9 Å². The van der Waals surface area contributed by atoms with Gasteiger partial charge in [-0.1, -0.05) is 176 Å². The van der Waals surface area contributed by atoms with E-state index in [4.69, 9.17) is 4.42 Å². The minimum absolute atomic E-state index is 0.891. The van der Waals surface area contributed by atoms with Crippen molar-refractivity contribution in [3.05, 3.63) is 231 Å². The molecule has 3 heteroatoms. The van der Waals surface area contributed by atoms with Crippen LogP contribution < -0.4 is 4.90 Å². The molecule has 0 atom stereocenters. The smallest absolute Gasteiger partial charge is 0.159 e. The van der Waals surface area contributed by atoms with Crippen molar-refractivity contribution in [2.24, 2.45) is 0 Å². The summed E-state index contributed by atoms with van der Waals surface area (Å²) in [7, 11) is 0. The lowest BCUT2D eigenvalue weighted by Crippen LogP contribution is -2.10. The van der Waals surface area contributed by atoms with E-state index in [-0.39, 0.29) is 0 Å². The summed E-state index contributed by atoms with van der Waals surface area (Å²) in [6.07, 6.45) is 0. The first kappa shape index (κ1) is 34.9. The van der Waals surface area contributed by atoms with Crippen molar-refractivity contribution in [1.29, 1.82) is 0 Å². The summed E-state index contributed by atoms with van der Waals surface area (Å²) >= 11 is 0. The fraction of sp³-hybridized carbons (Fsp3) is 0. The first-order valence-corrected chi connectivity index (χ1v) is 20.8. The molecule has 3 nitrogen and oxygen atoms in total. The van der Waals surface area contributed by atoms with E-state index in [1.165, 1.54) is 43.8 Å². The summed E-state index contributed by atoms with van der Waals surface area (Å²) in [6.45, 7) is 0. The lowest BCUT2D eigenvalue weighted by molar-refractivity contribution is 0.666. The Hall–Kier alpha value is -8.14. The Kier molecular flexibility index (Phi) is 8.17. The van der Waals surface area contributed by atoms with Gasteiger partial charge >= 0.3 is 0 Å². The highest BCUT2D eigenvalue weighted by atomic mass is 16.3. The Morgan fingerprint density at radius 2 is 0.902 bits per heavy atom. The number of para-hydroxylation sites is 3. The Labute approximate surface area is 353 Å². The van der Waals surface area contributed by atoms with Crippen LogP contribution in [0.4, 0.5) is 17.1 Å². The number of anilines is 3. The zero-order valence-electron chi connectivity index (χ0n) is 33.2.